The maximum absolute atomic E-state index is 13.5. The van der Waals surface area contributed by atoms with Crippen molar-refractivity contribution in [3.8, 4) is 17.6 Å². The first kappa shape index (κ1) is 12.5. The van der Waals surface area contributed by atoms with Gasteiger partial charge in [0.05, 0.1) is 11.6 Å². The normalized spacial score (nSPS) is 9.89. The lowest BCUT2D eigenvalue weighted by Crippen LogP contribution is -1.90. The maximum Gasteiger partial charge on any atom is 0.166 e. The summed E-state index contributed by atoms with van der Waals surface area (Å²) >= 11 is 3.12. The fourth-order valence-corrected chi connectivity index (χ4v) is 1.70. The van der Waals surface area contributed by atoms with E-state index in [1.165, 1.54) is 18.2 Å². The first-order valence-corrected chi connectivity index (χ1v) is 5.71. The lowest BCUT2D eigenvalue weighted by atomic mass is 10.2. The summed E-state index contributed by atoms with van der Waals surface area (Å²) in [7, 11) is 0. The molecule has 2 aromatic rings. The van der Waals surface area contributed by atoms with Crippen molar-refractivity contribution in [3.05, 3.63) is 58.1 Å². The molecule has 5 heteroatoms. The van der Waals surface area contributed by atoms with Crippen LogP contribution in [0.5, 0.6) is 11.5 Å². The van der Waals surface area contributed by atoms with Gasteiger partial charge in [-0.1, -0.05) is 15.9 Å². The predicted molar refractivity (Wildman–Crippen MR) is 65.3 cm³/mol. The fraction of sp³-hybridized carbons (Fsp3) is 0. The Morgan fingerprint density at radius 2 is 1.89 bits per heavy atom. The van der Waals surface area contributed by atoms with Crippen LogP contribution < -0.4 is 4.74 Å². The van der Waals surface area contributed by atoms with Gasteiger partial charge < -0.3 is 4.74 Å². The molecule has 0 heterocycles. The van der Waals surface area contributed by atoms with Crippen molar-refractivity contribution in [2.24, 2.45) is 0 Å². The third kappa shape index (κ3) is 2.84. The van der Waals surface area contributed by atoms with Crippen LogP contribution in [0.25, 0.3) is 0 Å². The zero-order chi connectivity index (χ0) is 13.1. The molecule has 0 bridgehead atoms. The lowest BCUT2D eigenvalue weighted by molar-refractivity contribution is 0.438. The van der Waals surface area contributed by atoms with Gasteiger partial charge in [0.1, 0.15) is 11.6 Å². The summed E-state index contributed by atoms with van der Waals surface area (Å²) in [5.41, 5.74) is 0.113. The zero-order valence-corrected chi connectivity index (χ0v) is 10.5. The van der Waals surface area contributed by atoms with E-state index in [-0.39, 0.29) is 17.1 Å². The van der Waals surface area contributed by atoms with E-state index in [4.69, 9.17) is 10.00 Å². The van der Waals surface area contributed by atoms with Crippen molar-refractivity contribution in [1.29, 1.82) is 5.26 Å². The monoisotopic (exact) mass is 309 g/mol. The molecule has 0 fully saturated rings. The van der Waals surface area contributed by atoms with Gasteiger partial charge in [-0.05, 0) is 30.3 Å². The number of ether oxygens (including phenoxy) is 1. The molecule has 0 saturated heterocycles. The Labute approximate surface area is 111 Å². The second-order valence-corrected chi connectivity index (χ2v) is 4.38. The summed E-state index contributed by atoms with van der Waals surface area (Å²) in [6.07, 6.45) is 0. The average molecular weight is 310 g/mol. The second-order valence-electron chi connectivity index (χ2n) is 3.46. The molecule has 0 amide bonds. The summed E-state index contributed by atoms with van der Waals surface area (Å²) in [5.74, 6) is -1.14. The Bertz CT molecular complexity index is 637. The van der Waals surface area contributed by atoms with E-state index >= 15 is 0 Å². The molecular weight excluding hydrogens is 304 g/mol. The van der Waals surface area contributed by atoms with Crippen LogP contribution in [-0.2, 0) is 0 Å². The summed E-state index contributed by atoms with van der Waals surface area (Å²) in [6.45, 7) is 0. The third-order valence-electron chi connectivity index (χ3n) is 2.12. The van der Waals surface area contributed by atoms with Gasteiger partial charge in [0.2, 0.25) is 0 Å². The summed E-state index contributed by atoms with van der Waals surface area (Å²) in [4.78, 5) is 0. The molecule has 0 aliphatic rings. The van der Waals surface area contributed by atoms with E-state index in [9.17, 15) is 8.78 Å². The molecular formula is C13H6BrF2NO. The molecule has 0 aromatic heterocycles. The van der Waals surface area contributed by atoms with Crippen LogP contribution in [0.4, 0.5) is 8.78 Å². The van der Waals surface area contributed by atoms with E-state index in [0.29, 0.717) is 4.47 Å². The van der Waals surface area contributed by atoms with Crippen molar-refractivity contribution in [1.82, 2.24) is 0 Å². The number of rotatable bonds is 2. The molecule has 0 unspecified atom stereocenters. The molecule has 0 aliphatic heterocycles. The molecule has 0 N–H and O–H groups in total. The topological polar surface area (TPSA) is 33.0 Å². The smallest absolute Gasteiger partial charge is 0.166 e. The van der Waals surface area contributed by atoms with Crippen molar-refractivity contribution in [2.75, 3.05) is 0 Å². The first-order chi connectivity index (χ1) is 8.58. The Hall–Kier alpha value is -1.93. The highest BCUT2D eigenvalue weighted by Crippen LogP contribution is 2.27. The van der Waals surface area contributed by atoms with Crippen LogP contribution in [0.1, 0.15) is 5.56 Å². The fourth-order valence-electron chi connectivity index (χ4n) is 1.37. The number of benzene rings is 2. The number of nitrogens with zero attached hydrogens (tertiary/aromatic N) is 1. The van der Waals surface area contributed by atoms with Crippen molar-refractivity contribution in [3.63, 3.8) is 0 Å². The molecule has 2 nitrogen and oxygen atoms in total. The van der Waals surface area contributed by atoms with Gasteiger partial charge in [-0.25, -0.2) is 8.78 Å². The number of nitriles is 1. The lowest BCUT2D eigenvalue weighted by Gasteiger charge is -2.07. The minimum atomic E-state index is -0.610. The Balaban J connectivity index is 2.34. The Kier molecular flexibility index (Phi) is 3.58. The molecule has 18 heavy (non-hydrogen) atoms. The van der Waals surface area contributed by atoms with Crippen LogP contribution >= 0.6 is 15.9 Å². The molecule has 0 saturated carbocycles. The zero-order valence-electron chi connectivity index (χ0n) is 8.95. The van der Waals surface area contributed by atoms with Gasteiger partial charge in [0.15, 0.2) is 11.6 Å². The standard InChI is InChI=1S/C13H6BrF2NO/c14-9-1-2-13(12(16)5-9)18-11-4-8(7-17)3-10(15)6-11/h1-6H. The third-order valence-corrected chi connectivity index (χ3v) is 2.62. The quantitative estimate of drug-likeness (QED) is 0.824. The highest BCUT2D eigenvalue weighted by Gasteiger charge is 2.07. The van der Waals surface area contributed by atoms with Gasteiger partial charge in [-0.2, -0.15) is 5.26 Å². The molecule has 2 rings (SSSR count). The number of halogens is 3. The van der Waals surface area contributed by atoms with Crippen molar-refractivity contribution >= 4 is 15.9 Å². The van der Waals surface area contributed by atoms with Crippen LogP contribution in [0.15, 0.2) is 40.9 Å². The van der Waals surface area contributed by atoms with Gasteiger partial charge in [0.25, 0.3) is 0 Å². The van der Waals surface area contributed by atoms with Crippen LogP contribution in [0, 0.1) is 23.0 Å². The number of hydrogen-bond acceptors (Lipinski definition) is 2. The Morgan fingerprint density at radius 3 is 2.56 bits per heavy atom. The number of hydrogen-bond donors (Lipinski definition) is 0. The van der Waals surface area contributed by atoms with Gasteiger partial charge in [-0.15, -0.1) is 0 Å². The molecule has 2 aromatic carbocycles. The van der Waals surface area contributed by atoms with Crippen LogP contribution in [0.3, 0.4) is 0 Å². The van der Waals surface area contributed by atoms with E-state index < -0.39 is 11.6 Å². The molecule has 0 radical (unpaired) electrons. The van der Waals surface area contributed by atoms with Crippen molar-refractivity contribution in [2.45, 2.75) is 0 Å². The maximum atomic E-state index is 13.5. The van der Waals surface area contributed by atoms with Crippen LogP contribution in [-0.4, -0.2) is 0 Å². The van der Waals surface area contributed by atoms with Gasteiger partial charge in [-0.3, -0.25) is 0 Å². The largest absolute Gasteiger partial charge is 0.454 e. The summed E-state index contributed by atoms with van der Waals surface area (Å²) < 4.78 is 32.4. The first-order valence-electron chi connectivity index (χ1n) is 4.92. The van der Waals surface area contributed by atoms with E-state index in [1.54, 1.807) is 12.1 Å². The molecule has 0 aliphatic carbocycles. The summed E-state index contributed by atoms with van der Waals surface area (Å²) in [6, 6.07) is 9.54. The molecule has 0 spiro atoms. The second kappa shape index (κ2) is 5.15. The van der Waals surface area contributed by atoms with E-state index in [0.717, 1.165) is 12.1 Å². The molecule has 0 atom stereocenters. The summed E-state index contributed by atoms with van der Waals surface area (Å²) in [5, 5.41) is 8.69. The predicted octanol–water partition coefficient (Wildman–Crippen LogP) is 4.39. The minimum absolute atomic E-state index is 0.0345. The van der Waals surface area contributed by atoms with Gasteiger partial charge in [0, 0.05) is 10.5 Å². The van der Waals surface area contributed by atoms with E-state index in [2.05, 4.69) is 15.9 Å². The minimum Gasteiger partial charge on any atom is -0.454 e. The highest BCUT2D eigenvalue weighted by atomic mass is 79.9. The molecule has 90 valence electrons. The highest BCUT2D eigenvalue weighted by molar-refractivity contribution is 9.10. The SMILES string of the molecule is N#Cc1cc(F)cc(Oc2ccc(Br)cc2F)c1. The average Bonchev–Trinajstić information content (AvgIpc) is 2.32. The van der Waals surface area contributed by atoms with Gasteiger partial charge >= 0.3 is 0 Å². The van der Waals surface area contributed by atoms with Crippen LogP contribution in [0.2, 0.25) is 0 Å². The van der Waals surface area contributed by atoms with Crippen molar-refractivity contribution < 1.29 is 13.5 Å². The Morgan fingerprint density at radius 1 is 1.11 bits per heavy atom. The van der Waals surface area contributed by atoms with E-state index in [1.807, 2.05) is 0 Å².